The van der Waals surface area contributed by atoms with Crippen LogP contribution in [0, 0.1) is 6.92 Å². The molecule has 0 amide bonds. The van der Waals surface area contributed by atoms with Gasteiger partial charge in [-0.15, -0.1) is 0 Å². The molecule has 3 aromatic rings. The summed E-state index contributed by atoms with van der Waals surface area (Å²) in [5.74, 6) is 0.516. The van der Waals surface area contributed by atoms with Crippen molar-refractivity contribution in [1.82, 2.24) is 29.5 Å². The summed E-state index contributed by atoms with van der Waals surface area (Å²) in [6.07, 6.45) is 4.99. The summed E-state index contributed by atoms with van der Waals surface area (Å²) in [7, 11) is -3.68. The summed E-state index contributed by atoms with van der Waals surface area (Å²) in [5, 5.41) is 4.02. The highest BCUT2D eigenvalue weighted by molar-refractivity contribution is 7.89. The molecule has 146 valence electrons. The minimum Gasteiger partial charge on any atom is -0.381 e. The average Bonchev–Trinajstić information content (AvgIpc) is 3.36. The molecular weight excluding hydrogens is 382 g/mol. The van der Waals surface area contributed by atoms with Crippen molar-refractivity contribution in [3.8, 4) is 17.1 Å². The number of hydrogen-bond acceptors (Lipinski definition) is 8. The highest BCUT2D eigenvalue weighted by Crippen LogP contribution is 2.26. The Balaban J connectivity index is 1.73. The van der Waals surface area contributed by atoms with E-state index in [4.69, 9.17) is 10.5 Å². The molecule has 1 aliphatic rings. The van der Waals surface area contributed by atoms with Crippen molar-refractivity contribution in [2.24, 2.45) is 0 Å². The Kier molecular flexibility index (Phi) is 4.79. The Labute approximate surface area is 161 Å². The molecule has 28 heavy (non-hydrogen) atoms. The molecular formula is C17H19N7O3S. The van der Waals surface area contributed by atoms with Gasteiger partial charge in [0.15, 0.2) is 11.6 Å². The first-order valence-electron chi connectivity index (χ1n) is 8.62. The van der Waals surface area contributed by atoms with E-state index in [9.17, 15) is 8.42 Å². The van der Waals surface area contributed by atoms with E-state index in [0.717, 1.165) is 5.56 Å². The summed E-state index contributed by atoms with van der Waals surface area (Å²) in [6.45, 7) is 2.80. The van der Waals surface area contributed by atoms with E-state index in [0.29, 0.717) is 36.7 Å². The van der Waals surface area contributed by atoms with E-state index in [1.807, 2.05) is 6.92 Å². The maximum Gasteiger partial charge on any atom is 0.240 e. The number of ether oxygens (including phenoxy) is 1. The maximum atomic E-state index is 12.7. The van der Waals surface area contributed by atoms with Gasteiger partial charge >= 0.3 is 0 Å². The van der Waals surface area contributed by atoms with Crippen LogP contribution in [0.1, 0.15) is 12.0 Å². The molecule has 1 unspecified atom stereocenters. The second kappa shape index (κ2) is 7.26. The fourth-order valence-corrected chi connectivity index (χ4v) is 4.24. The van der Waals surface area contributed by atoms with Gasteiger partial charge in [-0.2, -0.15) is 9.78 Å². The van der Waals surface area contributed by atoms with Gasteiger partial charge in [0, 0.05) is 18.2 Å². The molecule has 4 rings (SSSR count). The van der Waals surface area contributed by atoms with Crippen LogP contribution in [-0.2, 0) is 14.8 Å². The summed E-state index contributed by atoms with van der Waals surface area (Å²) >= 11 is 0. The molecule has 10 nitrogen and oxygen atoms in total. The number of aryl methyl sites for hydroxylation is 1. The van der Waals surface area contributed by atoms with Crippen molar-refractivity contribution < 1.29 is 13.2 Å². The van der Waals surface area contributed by atoms with Crippen molar-refractivity contribution in [2.45, 2.75) is 24.3 Å². The number of rotatable bonds is 5. The third-order valence-corrected chi connectivity index (χ3v) is 5.98. The number of nitrogens with zero attached hydrogens (tertiary/aromatic N) is 5. The lowest BCUT2D eigenvalue weighted by molar-refractivity contribution is 0.192. The molecule has 1 atom stereocenters. The number of nitrogens with one attached hydrogen (secondary N) is 1. The summed E-state index contributed by atoms with van der Waals surface area (Å²) in [5.41, 5.74) is 7.88. The molecule has 3 heterocycles. The quantitative estimate of drug-likeness (QED) is 0.636. The van der Waals surface area contributed by atoms with Crippen LogP contribution in [0.2, 0.25) is 0 Å². The van der Waals surface area contributed by atoms with Gasteiger partial charge < -0.3 is 10.5 Å². The van der Waals surface area contributed by atoms with Gasteiger partial charge in [0.25, 0.3) is 0 Å². The third kappa shape index (κ3) is 3.59. The second-order valence-corrected chi connectivity index (χ2v) is 8.18. The molecule has 0 bridgehead atoms. The molecule has 0 aliphatic carbocycles. The number of aromatic nitrogens is 5. The third-order valence-electron chi connectivity index (χ3n) is 4.46. The lowest BCUT2D eigenvalue weighted by atomic mass is 10.1. The van der Waals surface area contributed by atoms with Crippen LogP contribution < -0.4 is 10.5 Å². The first-order chi connectivity index (χ1) is 13.4. The molecule has 2 aromatic heterocycles. The fourth-order valence-electron chi connectivity index (χ4n) is 2.96. The van der Waals surface area contributed by atoms with Crippen LogP contribution >= 0.6 is 0 Å². The van der Waals surface area contributed by atoms with E-state index in [1.54, 1.807) is 18.2 Å². The summed E-state index contributed by atoms with van der Waals surface area (Å²) in [6, 6.07) is 4.67. The van der Waals surface area contributed by atoms with Gasteiger partial charge in [0.05, 0.1) is 23.4 Å². The smallest absolute Gasteiger partial charge is 0.240 e. The van der Waals surface area contributed by atoms with Crippen LogP contribution in [0.25, 0.3) is 17.1 Å². The van der Waals surface area contributed by atoms with Crippen LogP contribution in [0.5, 0.6) is 0 Å². The standard InChI is InChI=1S/C17H19N7O3S/c1-11-2-3-13(28(25,26)23-12-4-5-27-8-12)6-14(11)15-7-20-16(18)17(22-15)24-10-19-9-21-24/h2-3,6-7,9-10,12,23H,4-5,8H2,1H3,(H2,18,20). The average molecular weight is 401 g/mol. The number of hydrogen-bond donors (Lipinski definition) is 2. The van der Waals surface area contributed by atoms with Gasteiger partial charge in [-0.25, -0.2) is 28.1 Å². The van der Waals surface area contributed by atoms with Crippen molar-refractivity contribution in [3.63, 3.8) is 0 Å². The van der Waals surface area contributed by atoms with Gasteiger partial charge in [-0.1, -0.05) is 6.07 Å². The van der Waals surface area contributed by atoms with E-state index < -0.39 is 10.0 Å². The van der Waals surface area contributed by atoms with Gasteiger partial charge in [-0.05, 0) is 31.0 Å². The van der Waals surface area contributed by atoms with Crippen molar-refractivity contribution >= 4 is 15.8 Å². The zero-order chi connectivity index (χ0) is 19.7. The monoisotopic (exact) mass is 401 g/mol. The SMILES string of the molecule is Cc1ccc(S(=O)(=O)NC2CCOC2)cc1-c1cnc(N)c(-n2cncn2)n1. The molecule has 0 radical (unpaired) electrons. The Morgan fingerprint density at radius 1 is 1.36 bits per heavy atom. The first kappa shape index (κ1) is 18.5. The fraction of sp³-hybridized carbons (Fsp3) is 0.294. The number of nitrogen functional groups attached to an aromatic ring is 1. The van der Waals surface area contributed by atoms with E-state index in [2.05, 4.69) is 24.8 Å². The van der Waals surface area contributed by atoms with Crippen LogP contribution in [0.3, 0.4) is 0 Å². The van der Waals surface area contributed by atoms with Gasteiger partial charge in [-0.3, -0.25) is 0 Å². The molecule has 1 aliphatic heterocycles. The zero-order valence-electron chi connectivity index (χ0n) is 15.1. The molecule has 1 saturated heterocycles. The number of benzene rings is 1. The van der Waals surface area contributed by atoms with E-state index >= 15 is 0 Å². The maximum absolute atomic E-state index is 12.7. The van der Waals surface area contributed by atoms with Crippen LogP contribution in [-0.4, -0.2) is 52.4 Å². The van der Waals surface area contributed by atoms with Crippen molar-refractivity contribution in [3.05, 3.63) is 42.6 Å². The predicted molar refractivity (Wildman–Crippen MR) is 101 cm³/mol. The molecule has 0 saturated carbocycles. The topological polar surface area (TPSA) is 138 Å². The van der Waals surface area contributed by atoms with Crippen LogP contribution in [0.4, 0.5) is 5.82 Å². The Morgan fingerprint density at radius 3 is 2.93 bits per heavy atom. The number of anilines is 1. The summed E-state index contributed by atoms with van der Waals surface area (Å²) in [4.78, 5) is 12.7. The highest BCUT2D eigenvalue weighted by atomic mass is 32.2. The van der Waals surface area contributed by atoms with E-state index in [1.165, 1.54) is 23.5 Å². The van der Waals surface area contributed by atoms with E-state index in [-0.39, 0.29) is 16.8 Å². The lowest BCUT2D eigenvalue weighted by Crippen LogP contribution is -2.35. The number of sulfonamides is 1. The van der Waals surface area contributed by atoms with Crippen molar-refractivity contribution in [1.29, 1.82) is 0 Å². The largest absolute Gasteiger partial charge is 0.381 e. The minimum absolute atomic E-state index is 0.154. The number of nitrogens with two attached hydrogens (primary N) is 1. The molecule has 1 fully saturated rings. The normalized spacial score (nSPS) is 17.1. The van der Waals surface area contributed by atoms with Crippen LogP contribution in [0.15, 0.2) is 41.9 Å². The first-order valence-corrected chi connectivity index (χ1v) is 10.1. The molecule has 11 heteroatoms. The Morgan fingerprint density at radius 2 is 2.21 bits per heavy atom. The lowest BCUT2D eigenvalue weighted by Gasteiger charge is -2.14. The minimum atomic E-state index is -3.68. The Bertz CT molecular complexity index is 1090. The predicted octanol–water partition coefficient (Wildman–Crippen LogP) is 0.682. The Hall–Kier alpha value is -2.89. The molecule has 0 spiro atoms. The zero-order valence-corrected chi connectivity index (χ0v) is 15.9. The van der Waals surface area contributed by atoms with Crippen molar-refractivity contribution in [2.75, 3.05) is 18.9 Å². The molecule has 3 N–H and O–H groups in total. The van der Waals surface area contributed by atoms with Gasteiger partial charge in [0.1, 0.15) is 12.7 Å². The highest BCUT2D eigenvalue weighted by Gasteiger charge is 2.24. The van der Waals surface area contributed by atoms with Gasteiger partial charge in [0.2, 0.25) is 10.0 Å². The summed E-state index contributed by atoms with van der Waals surface area (Å²) < 4.78 is 34.8. The molecule has 1 aromatic carbocycles. The second-order valence-electron chi connectivity index (χ2n) is 6.46.